The van der Waals surface area contributed by atoms with Crippen molar-refractivity contribution in [2.75, 3.05) is 5.75 Å². The first kappa shape index (κ1) is 20.1. The highest BCUT2D eigenvalue weighted by atomic mass is 32.2. The first-order valence-corrected chi connectivity index (χ1v) is 11.3. The van der Waals surface area contributed by atoms with Gasteiger partial charge in [-0.15, -0.1) is 0 Å². The zero-order chi connectivity index (χ0) is 20.5. The van der Waals surface area contributed by atoms with E-state index >= 15 is 0 Å². The van der Waals surface area contributed by atoms with E-state index in [1.807, 2.05) is 13.1 Å². The van der Waals surface area contributed by atoms with Gasteiger partial charge in [0.25, 0.3) is 0 Å². The molecule has 1 amide bonds. The molecule has 0 radical (unpaired) electrons. The second-order valence-electron chi connectivity index (χ2n) is 8.07. The number of rotatable bonds is 5. The molecular weight excluding hydrogens is 384 g/mol. The minimum atomic E-state index is 0.0513. The Morgan fingerprint density at radius 1 is 1.34 bits per heavy atom. The average molecular weight is 415 g/mol. The Morgan fingerprint density at radius 3 is 2.93 bits per heavy atom. The number of amides is 1. The number of thioether (sulfide) groups is 1. The van der Waals surface area contributed by atoms with Gasteiger partial charge in [0.15, 0.2) is 5.17 Å². The van der Waals surface area contributed by atoms with Gasteiger partial charge in [-0.1, -0.05) is 36.9 Å². The first-order chi connectivity index (χ1) is 14.0. The van der Waals surface area contributed by atoms with E-state index in [0.29, 0.717) is 5.75 Å². The number of hydrogen-bond acceptors (Lipinski definition) is 7. The van der Waals surface area contributed by atoms with Crippen molar-refractivity contribution in [2.24, 2.45) is 5.10 Å². The van der Waals surface area contributed by atoms with E-state index in [1.165, 1.54) is 28.5 Å². The van der Waals surface area contributed by atoms with Gasteiger partial charge in [-0.25, -0.2) is 5.43 Å². The van der Waals surface area contributed by atoms with Crippen molar-refractivity contribution in [3.8, 4) is 0 Å². The summed E-state index contributed by atoms with van der Waals surface area (Å²) >= 11 is 1.48. The summed E-state index contributed by atoms with van der Waals surface area (Å²) in [7, 11) is 0. The number of fused-ring (bicyclic) bond motifs is 3. The van der Waals surface area contributed by atoms with Crippen molar-refractivity contribution in [1.82, 2.24) is 26.1 Å². The van der Waals surface area contributed by atoms with E-state index in [1.54, 1.807) is 0 Å². The SMILES string of the molecule is CC[C@H](C)NC(=O)CSC1=NNC2C3CC(c4ccc(C)c(C)c4)NN3C=CN12. The van der Waals surface area contributed by atoms with Crippen molar-refractivity contribution in [2.45, 2.75) is 64.8 Å². The van der Waals surface area contributed by atoms with Crippen LogP contribution in [0.1, 0.15) is 49.4 Å². The van der Waals surface area contributed by atoms with E-state index in [2.05, 4.69) is 76.3 Å². The van der Waals surface area contributed by atoms with Crippen LogP contribution < -0.4 is 16.2 Å². The maximum atomic E-state index is 12.1. The molecule has 1 fully saturated rings. The number of amidine groups is 1. The molecule has 1 saturated heterocycles. The Labute approximate surface area is 176 Å². The molecule has 4 atom stereocenters. The Hall–Kier alpha value is -2.19. The van der Waals surface area contributed by atoms with Gasteiger partial charge in [0.2, 0.25) is 5.91 Å². The quantitative estimate of drug-likeness (QED) is 0.688. The molecule has 8 heteroatoms. The van der Waals surface area contributed by atoms with Crippen molar-refractivity contribution in [1.29, 1.82) is 0 Å². The lowest BCUT2D eigenvalue weighted by Gasteiger charge is -2.36. The Bertz CT molecular complexity index is 840. The van der Waals surface area contributed by atoms with E-state index in [-0.39, 0.29) is 30.2 Å². The smallest absolute Gasteiger partial charge is 0.230 e. The summed E-state index contributed by atoms with van der Waals surface area (Å²) in [6, 6.07) is 7.45. The predicted molar refractivity (Wildman–Crippen MR) is 118 cm³/mol. The Morgan fingerprint density at radius 2 is 2.17 bits per heavy atom. The third kappa shape index (κ3) is 4.09. The molecule has 3 heterocycles. The summed E-state index contributed by atoms with van der Waals surface area (Å²) in [6.45, 7) is 8.40. The van der Waals surface area contributed by atoms with Crippen LogP contribution in [0.15, 0.2) is 35.7 Å². The lowest BCUT2D eigenvalue weighted by Crippen LogP contribution is -2.54. The highest BCUT2D eigenvalue weighted by molar-refractivity contribution is 8.14. The second kappa shape index (κ2) is 8.28. The fraction of sp³-hybridized carbons (Fsp3) is 0.524. The number of hydrogen-bond donors (Lipinski definition) is 3. The molecule has 0 aromatic heterocycles. The number of nitrogens with zero attached hydrogens (tertiary/aromatic N) is 3. The van der Waals surface area contributed by atoms with Gasteiger partial charge in [0.05, 0.1) is 17.8 Å². The van der Waals surface area contributed by atoms with Crippen LogP contribution in [0.3, 0.4) is 0 Å². The number of carbonyl (C=O) groups excluding carboxylic acids is 1. The topological polar surface area (TPSA) is 72.0 Å². The molecule has 7 nitrogen and oxygen atoms in total. The largest absolute Gasteiger partial charge is 0.353 e. The van der Waals surface area contributed by atoms with Crippen LogP contribution in [0.25, 0.3) is 0 Å². The lowest BCUT2D eigenvalue weighted by atomic mass is 9.97. The number of hydrazone groups is 1. The second-order valence-corrected chi connectivity index (χ2v) is 9.02. The van der Waals surface area contributed by atoms with Crippen LogP contribution in [0.2, 0.25) is 0 Å². The maximum Gasteiger partial charge on any atom is 0.230 e. The normalized spacial score (nSPS) is 25.9. The highest BCUT2D eigenvalue weighted by Gasteiger charge is 2.44. The summed E-state index contributed by atoms with van der Waals surface area (Å²) in [5.41, 5.74) is 10.9. The number of hydrazine groups is 1. The van der Waals surface area contributed by atoms with Crippen LogP contribution in [-0.4, -0.2) is 45.0 Å². The van der Waals surface area contributed by atoms with Crippen molar-refractivity contribution >= 4 is 22.8 Å². The number of aryl methyl sites for hydroxylation is 2. The molecule has 3 N–H and O–H groups in total. The minimum absolute atomic E-state index is 0.0513. The zero-order valence-electron chi connectivity index (χ0n) is 17.5. The van der Waals surface area contributed by atoms with E-state index in [4.69, 9.17) is 0 Å². The Balaban J connectivity index is 1.37. The molecule has 3 aliphatic heterocycles. The van der Waals surface area contributed by atoms with Gasteiger partial charge in [0.1, 0.15) is 6.17 Å². The fourth-order valence-electron chi connectivity index (χ4n) is 3.90. The number of carbonyl (C=O) groups is 1. The van der Waals surface area contributed by atoms with E-state index < -0.39 is 0 Å². The summed E-state index contributed by atoms with van der Waals surface area (Å²) < 4.78 is 0. The average Bonchev–Trinajstić information content (AvgIpc) is 3.32. The highest BCUT2D eigenvalue weighted by Crippen LogP contribution is 2.35. The van der Waals surface area contributed by atoms with Gasteiger partial charge in [-0.05, 0) is 50.3 Å². The summed E-state index contributed by atoms with van der Waals surface area (Å²) in [4.78, 5) is 14.2. The van der Waals surface area contributed by atoms with Crippen LogP contribution in [0, 0.1) is 13.8 Å². The van der Waals surface area contributed by atoms with E-state index in [0.717, 1.165) is 18.0 Å². The van der Waals surface area contributed by atoms with Crippen molar-refractivity contribution < 1.29 is 4.79 Å². The molecule has 0 saturated carbocycles. The van der Waals surface area contributed by atoms with Crippen molar-refractivity contribution in [3.63, 3.8) is 0 Å². The van der Waals surface area contributed by atoms with Crippen LogP contribution in [-0.2, 0) is 4.79 Å². The summed E-state index contributed by atoms with van der Waals surface area (Å²) in [5, 5.41) is 10.5. The molecule has 3 unspecified atom stereocenters. The van der Waals surface area contributed by atoms with Gasteiger partial charge in [0, 0.05) is 18.4 Å². The van der Waals surface area contributed by atoms with Gasteiger partial charge in [-0.3, -0.25) is 10.2 Å². The maximum absolute atomic E-state index is 12.1. The van der Waals surface area contributed by atoms with Crippen LogP contribution in [0.5, 0.6) is 0 Å². The molecule has 1 aromatic carbocycles. The minimum Gasteiger partial charge on any atom is -0.353 e. The molecular formula is C21H30N6OS. The molecule has 1 aromatic rings. The lowest BCUT2D eigenvalue weighted by molar-refractivity contribution is -0.119. The predicted octanol–water partition coefficient (Wildman–Crippen LogP) is 2.56. The van der Waals surface area contributed by atoms with Crippen LogP contribution >= 0.6 is 11.8 Å². The molecule has 29 heavy (non-hydrogen) atoms. The monoisotopic (exact) mass is 414 g/mol. The Kier molecular flexibility index (Phi) is 5.74. The molecule has 156 valence electrons. The molecule has 0 bridgehead atoms. The first-order valence-electron chi connectivity index (χ1n) is 10.3. The molecule has 4 rings (SSSR count). The number of benzene rings is 1. The molecule has 3 aliphatic rings. The summed E-state index contributed by atoms with van der Waals surface area (Å²) in [5.74, 6) is 0.426. The number of nitrogens with one attached hydrogen (secondary N) is 3. The van der Waals surface area contributed by atoms with Crippen LogP contribution in [0.4, 0.5) is 0 Å². The molecule has 0 aliphatic carbocycles. The standard InChI is InChI=1S/C21H30N6OS/c1-5-15(4)22-19(28)12-29-21-24-23-20-18-11-17(25-27(18)9-8-26(20)21)16-7-6-13(2)14(3)10-16/h6-10,15,17-18,20,23,25H,5,11-12H2,1-4H3,(H,22,28)/t15-,17?,18?,20?/m0/s1. The third-order valence-corrected chi connectivity index (χ3v) is 6.96. The van der Waals surface area contributed by atoms with Gasteiger partial charge < -0.3 is 15.2 Å². The van der Waals surface area contributed by atoms with Gasteiger partial charge >= 0.3 is 0 Å². The zero-order valence-corrected chi connectivity index (χ0v) is 18.3. The van der Waals surface area contributed by atoms with Crippen molar-refractivity contribution in [3.05, 3.63) is 47.3 Å². The third-order valence-electron chi connectivity index (χ3n) is 5.99. The van der Waals surface area contributed by atoms with Gasteiger partial charge in [-0.2, -0.15) is 5.10 Å². The van der Waals surface area contributed by atoms with E-state index in [9.17, 15) is 4.79 Å². The molecule has 0 spiro atoms. The summed E-state index contributed by atoms with van der Waals surface area (Å²) in [6.07, 6.45) is 6.11. The fourth-order valence-corrected chi connectivity index (χ4v) is 4.68.